The highest BCUT2D eigenvalue weighted by atomic mass is 31.2. The zero-order valence-corrected chi connectivity index (χ0v) is 38.9. The average molecular weight is 834 g/mol. The molecule has 0 aromatic carbocycles. The van der Waals surface area contributed by atoms with Crippen molar-refractivity contribution in [1.29, 1.82) is 0 Å². The summed E-state index contributed by atoms with van der Waals surface area (Å²) in [5.41, 5.74) is 0. The number of amides is 1. The smallest absolute Gasteiger partial charge is 0.387 e. The summed E-state index contributed by atoms with van der Waals surface area (Å²) in [4.78, 5) is 23.1. The van der Waals surface area contributed by atoms with Gasteiger partial charge in [0.2, 0.25) is 5.91 Å². The van der Waals surface area contributed by atoms with Gasteiger partial charge in [-0.1, -0.05) is 177 Å². The summed E-state index contributed by atoms with van der Waals surface area (Å²) < 4.78 is 23.5. The van der Waals surface area contributed by atoms with Crippen LogP contribution in [0.25, 0.3) is 0 Å². The van der Waals surface area contributed by atoms with Crippen LogP contribution in [0.5, 0.6) is 0 Å². The second-order valence-corrected chi connectivity index (χ2v) is 18.2. The Morgan fingerprint density at radius 3 is 1.59 bits per heavy atom. The van der Waals surface area contributed by atoms with E-state index in [9.17, 15) is 19.4 Å². The highest BCUT2D eigenvalue weighted by molar-refractivity contribution is 7.47. The van der Waals surface area contributed by atoms with E-state index in [1.165, 1.54) is 96.3 Å². The van der Waals surface area contributed by atoms with Gasteiger partial charge in [-0.15, -0.1) is 0 Å². The van der Waals surface area contributed by atoms with Gasteiger partial charge in [-0.2, -0.15) is 0 Å². The first-order valence-corrected chi connectivity index (χ1v) is 24.8. The number of nitrogens with one attached hydrogen (secondary N) is 1. The molecule has 0 aliphatic rings. The summed E-state index contributed by atoms with van der Waals surface area (Å²) in [5, 5.41) is 13.8. The van der Waals surface area contributed by atoms with Gasteiger partial charge in [0.1, 0.15) is 13.2 Å². The van der Waals surface area contributed by atoms with E-state index in [1.807, 2.05) is 27.2 Å². The predicted molar refractivity (Wildman–Crippen MR) is 249 cm³/mol. The van der Waals surface area contributed by atoms with Crippen LogP contribution in [0.3, 0.4) is 0 Å². The quantitative estimate of drug-likeness (QED) is 0.0245. The maximum atomic E-state index is 12.9. The third-order valence-electron chi connectivity index (χ3n) is 9.91. The lowest BCUT2D eigenvalue weighted by Crippen LogP contribution is -2.45. The summed E-state index contributed by atoms with van der Waals surface area (Å²) >= 11 is 0. The van der Waals surface area contributed by atoms with Crippen molar-refractivity contribution in [2.24, 2.45) is 0 Å². The molecule has 3 N–H and O–H groups in total. The molecule has 0 aromatic heterocycles. The lowest BCUT2D eigenvalue weighted by atomic mass is 10.0. The lowest BCUT2D eigenvalue weighted by Gasteiger charge is -2.25. The van der Waals surface area contributed by atoms with Crippen LogP contribution >= 0.6 is 7.82 Å². The molecular formula is C49H90N2O6P+. The van der Waals surface area contributed by atoms with Crippen molar-refractivity contribution in [3.05, 3.63) is 72.9 Å². The minimum atomic E-state index is -4.35. The van der Waals surface area contributed by atoms with Crippen LogP contribution in [0, 0.1) is 0 Å². The van der Waals surface area contributed by atoms with Crippen molar-refractivity contribution < 1.29 is 32.9 Å². The molecule has 0 aliphatic carbocycles. The number of carbonyl (C=O) groups is 1. The van der Waals surface area contributed by atoms with Gasteiger partial charge >= 0.3 is 7.82 Å². The van der Waals surface area contributed by atoms with Gasteiger partial charge in [0.05, 0.1) is 39.9 Å². The number of phosphoric ester groups is 1. The first-order chi connectivity index (χ1) is 28.0. The van der Waals surface area contributed by atoms with Gasteiger partial charge in [0.15, 0.2) is 0 Å². The Morgan fingerprint density at radius 2 is 1.05 bits per heavy atom. The Morgan fingerprint density at radius 1 is 0.603 bits per heavy atom. The molecule has 9 heteroatoms. The van der Waals surface area contributed by atoms with Crippen molar-refractivity contribution in [1.82, 2.24) is 5.32 Å². The number of phosphoric acid groups is 1. The molecule has 0 aliphatic heterocycles. The molecule has 0 saturated heterocycles. The van der Waals surface area contributed by atoms with Crippen molar-refractivity contribution in [2.75, 3.05) is 40.9 Å². The van der Waals surface area contributed by atoms with Crippen molar-refractivity contribution in [3.63, 3.8) is 0 Å². The second-order valence-electron chi connectivity index (χ2n) is 16.7. The second kappa shape index (κ2) is 40.4. The Bertz CT molecular complexity index is 1170. The summed E-state index contributed by atoms with van der Waals surface area (Å²) in [6.07, 6.45) is 54.0. The Hall–Kier alpha value is -2.06. The van der Waals surface area contributed by atoms with Crippen molar-refractivity contribution in [2.45, 2.75) is 193 Å². The van der Waals surface area contributed by atoms with Crippen LogP contribution in [0.1, 0.15) is 181 Å². The van der Waals surface area contributed by atoms with E-state index in [-0.39, 0.29) is 19.1 Å². The number of aliphatic hydroxyl groups is 1. The molecule has 1 amide bonds. The molecule has 3 unspecified atom stereocenters. The number of hydrogen-bond donors (Lipinski definition) is 3. The lowest BCUT2D eigenvalue weighted by molar-refractivity contribution is -0.870. The van der Waals surface area contributed by atoms with Gasteiger partial charge in [0.25, 0.3) is 0 Å². The Labute approximate surface area is 357 Å². The highest BCUT2D eigenvalue weighted by Gasteiger charge is 2.27. The Kier molecular flexibility index (Phi) is 38.9. The fourth-order valence-electron chi connectivity index (χ4n) is 6.22. The van der Waals surface area contributed by atoms with E-state index in [1.54, 1.807) is 6.08 Å². The van der Waals surface area contributed by atoms with Gasteiger partial charge in [-0.05, 0) is 70.6 Å². The molecule has 3 atom stereocenters. The van der Waals surface area contributed by atoms with E-state index >= 15 is 0 Å². The monoisotopic (exact) mass is 834 g/mol. The van der Waals surface area contributed by atoms with Crippen LogP contribution in [0.4, 0.5) is 0 Å². The molecular weight excluding hydrogens is 744 g/mol. The standard InChI is InChI=1S/C49H89N2O6P/c1-6-8-10-12-14-16-18-20-21-22-23-24-25-26-27-28-29-31-33-35-37-39-41-43-49(53)50-47(46-57-58(54,55)56-45-44-51(3,4)5)48(52)42-40-38-36-34-32-30-19-17-15-13-11-9-7-2/h8,10,14,16,20-21,23-24,32,34,40,42,47-48,52H,6-7,9,11-13,15,17-19,22,25-31,33,35-39,41,43-46H2,1-5H3,(H-,50,53,54,55)/p+1/b10-8-,16-14-,21-20-,24-23-,34-32+,42-40+. The molecule has 0 radical (unpaired) electrons. The molecule has 0 fully saturated rings. The zero-order chi connectivity index (χ0) is 42.8. The SMILES string of the molecule is CC/C=C\C/C=C\C/C=C\C/C=C\CCCCCCCCCCCCC(=O)NC(COP(=O)(O)OCC[N+](C)(C)C)C(O)/C=C/CC/C=C/CCCCCCCCC. The molecule has 0 saturated carbocycles. The van der Waals surface area contributed by atoms with E-state index in [4.69, 9.17) is 9.05 Å². The molecule has 0 aromatic rings. The van der Waals surface area contributed by atoms with Gasteiger partial charge in [0, 0.05) is 6.42 Å². The van der Waals surface area contributed by atoms with Gasteiger partial charge in [-0.25, -0.2) is 4.57 Å². The van der Waals surface area contributed by atoms with Crippen LogP contribution in [0.2, 0.25) is 0 Å². The van der Waals surface area contributed by atoms with E-state index in [0.29, 0.717) is 17.4 Å². The van der Waals surface area contributed by atoms with Crippen molar-refractivity contribution >= 4 is 13.7 Å². The van der Waals surface area contributed by atoms with Crippen LogP contribution in [-0.2, 0) is 18.4 Å². The maximum Gasteiger partial charge on any atom is 0.472 e. The fourth-order valence-corrected chi connectivity index (χ4v) is 6.96. The number of aliphatic hydroxyl groups excluding tert-OH is 1. The minimum absolute atomic E-state index is 0.0521. The number of hydrogen-bond acceptors (Lipinski definition) is 5. The topological polar surface area (TPSA) is 105 Å². The number of rotatable bonds is 41. The van der Waals surface area contributed by atoms with E-state index in [2.05, 4.69) is 79.9 Å². The normalized spacial score (nSPS) is 14.9. The molecule has 8 nitrogen and oxygen atoms in total. The summed E-state index contributed by atoms with van der Waals surface area (Å²) in [6.45, 7) is 4.65. The third kappa shape index (κ3) is 42.1. The van der Waals surface area contributed by atoms with E-state index < -0.39 is 20.0 Å². The first-order valence-electron chi connectivity index (χ1n) is 23.3. The number of quaternary nitrogens is 1. The molecule has 0 rings (SSSR count). The van der Waals surface area contributed by atoms with Crippen LogP contribution in [0.15, 0.2) is 72.9 Å². The molecule has 336 valence electrons. The van der Waals surface area contributed by atoms with Crippen molar-refractivity contribution in [3.8, 4) is 0 Å². The largest absolute Gasteiger partial charge is 0.472 e. The summed E-state index contributed by atoms with van der Waals surface area (Å²) in [5.74, 6) is -0.196. The van der Waals surface area contributed by atoms with Crippen LogP contribution < -0.4 is 5.32 Å². The maximum absolute atomic E-state index is 12.9. The molecule has 0 spiro atoms. The van der Waals surface area contributed by atoms with E-state index in [0.717, 1.165) is 64.2 Å². The zero-order valence-electron chi connectivity index (χ0n) is 38.0. The fraction of sp³-hybridized carbons (Fsp3) is 0.735. The predicted octanol–water partition coefficient (Wildman–Crippen LogP) is 13.2. The molecule has 0 bridgehead atoms. The third-order valence-corrected chi connectivity index (χ3v) is 10.9. The average Bonchev–Trinajstić information content (AvgIpc) is 3.17. The summed E-state index contributed by atoms with van der Waals surface area (Å²) in [6, 6.07) is -0.868. The summed E-state index contributed by atoms with van der Waals surface area (Å²) in [7, 11) is 1.54. The molecule has 58 heavy (non-hydrogen) atoms. The number of unbranched alkanes of at least 4 members (excludes halogenated alkanes) is 18. The number of likely N-dealkylation sites (N-methyl/N-ethyl adjacent to an activating group) is 1. The Balaban J connectivity index is 4.36. The number of nitrogens with zero attached hydrogens (tertiary/aromatic N) is 1. The van der Waals surface area contributed by atoms with Gasteiger partial charge in [-0.3, -0.25) is 13.8 Å². The molecule has 0 heterocycles. The van der Waals surface area contributed by atoms with Crippen LogP contribution in [-0.4, -0.2) is 73.4 Å². The highest BCUT2D eigenvalue weighted by Crippen LogP contribution is 2.43. The minimum Gasteiger partial charge on any atom is -0.387 e. The number of allylic oxidation sites excluding steroid dienone is 11. The van der Waals surface area contributed by atoms with Gasteiger partial charge < -0.3 is 19.8 Å². The number of carbonyl (C=O) groups excluding carboxylic acids is 1. The first kappa shape index (κ1) is 55.9.